The van der Waals surface area contributed by atoms with Crippen molar-refractivity contribution in [3.8, 4) is 0 Å². The highest BCUT2D eigenvalue weighted by Gasteiger charge is 2.75. The van der Waals surface area contributed by atoms with E-state index in [2.05, 4.69) is 47.9 Å². The molecule has 21 heavy (non-hydrogen) atoms. The molecule has 3 nitrogen and oxygen atoms in total. The molecular formula is C18H24N2O. The van der Waals surface area contributed by atoms with Crippen LogP contribution in [-0.2, 0) is 4.79 Å². The lowest BCUT2D eigenvalue weighted by Gasteiger charge is -2.38. The molecule has 1 heterocycles. The normalized spacial score (nSPS) is 30.3. The molecule has 2 saturated carbocycles. The molecule has 2 aliphatic carbocycles. The first kappa shape index (κ1) is 13.2. The maximum atomic E-state index is 12.4. The Balaban J connectivity index is 1.44. The molecule has 0 unspecified atom stereocenters. The zero-order valence-electron chi connectivity index (χ0n) is 13.0. The zero-order valence-corrected chi connectivity index (χ0v) is 13.0. The van der Waals surface area contributed by atoms with Gasteiger partial charge in [-0.15, -0.1) is 0 Å². The van der Waals surface area contributed by atoms with Crippen LogP contribution in [0.15, 0.2) is 24.3 Å². The van der Waals surface area contributed by atoms with E-state index in [1.807, 2.05) is 0 Å². The van der Waals surface area contributed by atoms with Gasteiger partial charge in [0.1, 0.15) is 0 Å². The van der Waals surface area contributed by atoms with E-state index >= 15 is 0 Å². The monoisotopic (exact) mass is 284 g/mol. The Kier molecular flexibility index (Phi) is 2.82. The summed E-state index contributed by atoms with van der Waals surface area (Å²) in [5, 5.41) is 0. The van der Waals surface area contributed by atoms with E-state index < -0.39 is 0 Å². The highest BCUT2D eigenvalue weighted by molar-refractivity contribution is 5.90. The summed E-state index contributed by atoms with van der Waals surface area (Å²) in [7, 11) is 0. The molecule has 1 aliphatic heterocycles. The molecule has 3 fully saturated rings. The molecule has 0 bridgehead atoms. The van der Waals surface area contributed by atoms with Gasteiger partial charge in [0.25, 0.3) is 0 Å². The predicted molar refractivity (Wildman–Crippen MR) is 84.5 cm³/mol. The van der Waals surface area contributed by atoms with Crippen molar-refractivity contribution in [3.63, 3.8) is 0 Å². The number of rotatable bonds is 3. The van der Waals surface area contributed by atoms with Crippen molar-refractivity contribution in [1.29, 1.82) is 0 Å². The summed E-state index contributed by atoms with van der Waals surface area (Å²) in [6, 6.07) is 8.70. The van der Waals surface area contributed by atoms with Crippen LogP contribution in [0, 0.1) is 11.3 Å². The highest BCUT2D eigenvalue weighted by Crippen LogP contribution is 2.75. The van der Waals surface area contributed by atoms with Gasteiger partial charge in [0, 0.05) is 31.9 Å². The van der Waals surface area contributed by atoms with Crippen LogP contribution in [0.2, 0.25) is 0 Å². The van der Waals surface area contributed by atoms with Gasteiger partial charge in [0.15, 0.2) is 0 Å². The first-order chi connectivity index (χ1) is 10.1. The van der Waals surface area contributed by atoms with Gasteiger partial charge in [0.05, 0.1) is 5.41 Å². The Morgan fingerprint density at radius 1 is 1.14 bits per heavy atom. The molecule has 112 valence electrons. The molecule has 3 aliphatic rings. The molecule has 1 saturated heterocycles. The third kappa shape index (κ3) is 2.05. The molecule has 1 amide bonds. The van der Waals surface area contributed by atoms with Gasteiger partial charge in [-0.3, -0.25) is 4.79 Å². The number of hydrogen-bond donors (Lipinski definition) is 0. The van der Waals surface area contributed by atoms with Gasteiger partial charge in [-0.25, -0.2) is 0 Å². The maximum Gasteiger partial charge on any atom is 0.229 e. The van der Waals surface area contributed by atoms with E-state index in [1.54, 1.807) is 0 Å². The molecule has 1 aromatic carbocycles. The second-order valence-electron chi connectivity index (χ2n) is 7.25. The van der Waals surface area contributed by atoms with Crippen LogP contribution in [0.5, 0.6) is 0 Å². The average Bonchev–Trinajstić information content (AvgIpc) is 3.36. The number of amides is 1. The third-order valence-electron chi connectivity index (χ3n) is 5.57. The van der Waals surface area contributed by atoms with Crippen LogP contribution < -0.4 is 4.90 Å². The van der Waals surface area contributed by atoms with E-state index in [1.165, 1.54) is 24.1 Å². The number of carbonyl (C=O) groups excluding carboxylic acids is 1. The van der Waals surface area contributed by atoms with Gasteiger partial charge < -0.3 is 9.80 Å². The summed E-state index contributed by atoms with van der Waals surface area (Å²) < 4.78 is 0. The van der Waals surface area contributed by atoms with Gasteiger partial charge >= 0.3 is 0 Å². The van der Waals surface area contributed by atoms with Crippen LogP contribution in [0.3, 0.4) is 0 Å². The van der Waals surface area contributed by atoms with Crippen molar-refractivity contribution >= 4 is 11.6 Å². The average molecular weight is 284 g/mol. The van der Waals surface area contributed by atoms with Crippen molar-refractivity contribution in [2.24, 2.45) is 11.3 Å². The Morgan fingerprint density at radius 2 is 1.76 bits per heavy atom. The first-order valence-electron chi connectivity index (χ1n) is 8.25. The second-order valence-corrected chi connectivity index (χ2v) is 7.25. The second kappa shape index (κ2) is 4.49. The Labute approximate surface area is 126 Å². The summed E-state index contributed by atoms with van der Waals surface area (Å²) in [5.74, 6) is 1.74. The number of nitrogens with zero attached hydrogens (tertiary/aromatic N) is 2. The lowest BCUT2D eigenvalue weighted by Crippen LogP contribution is -2.50. The minimum absolute atomic E-state index is 0.137. The minimum Gasteiger partial charge on any atom is -0.368 e. The van der Waals surface area contributed by atoms with Crippen molar-refractivity contribution in [2.45, 2.75) is 32.6 Å². The van der Waals surface area contributed by atoms with Crippen LogP contribution in [0.1, 0.15) is 38.2 Å². The molecular weight excluding hydrogens is 260 g/mol. The summed E-state index contributed by atoms with van der Waals surface area (Å²) in [4.78, 5) is 17.0. The molecule has 0 N–H and O–H groups in total. The summed E-state index contributed by atoms with van der Waals surface area (Å²) in [6.45, 7) is 8.21. The van der Waals surface area contributed by atoms with Gasteiger partial charge in [-0.05, 0) is 36.3 Å². The Hall–Kier alpha value is -1.51. The zero-order chi connectivity index (χ0) is 14.6. The molecule has 0 atom stereocenters. The fourth-order valence-electron chi connectivity index (χ4n) is 3.78. The predicted octanol–water partition coefficient (Wildman–Crippen LogP) is 2.87. The molecule has 1 aromatic rings. The standard InChI is InChI=1S/C18H24N2O/c1-13(2)15-5-3-4-6-16(15)19-7-9-20(10-8-19)17(21)18-11-14(18)12-18/h3-6,13-14H,7-12H2,1-2H3. The van der Waals surface area contributed by atoms with Gasteiger partial charge in [-0.1, -0.05) is 32.0 Å². The minimum atomic E-state index is 0.137. The summed E-state index contributed by atoms with van der Waals surface area (Å²) in [5.41, 5.74) is 2.91. The number of benzene rings is 1. The van der Waals surface area contributed by atoms with Gasteiger partial charge in [0.2, 0.25) is 5.91 Å². The lowest BCUT2D eigenvalue weighted by molar-refractivity contribution is -0.135. The number of carbonyl (C=O) groups is 1. The third-order valence-corrected chi connectivity index (χ3v) is 5.57. The van der Waals surface area contributed by atoms with Crippen molar-refractivity contribution in [3.05, 3.63) is 29.8 Å². The van der Waals surface area contributed by atoms with E-state index in [-0.39, 0.29) is 5.41 Å². The Bertz CT molecular complexity index is 566. The number of hydrogen-bond acceptors (Lipinski definition) is 2. The molecule has 3 heteroatoms. The topological polar surface area (TPSA) is 23.6 Å². The smallest absolute Gasteiger partial charge is 0.229 e. The van der Waals surface area contributed by atoms with Gasteiger partial charge in [-0.2, -0.15) is 0 Å². The summed E-state index contributed by atoms with van der Waals surface area (Å²) >= 11 is 0. The van der Waals surface area contributed by atoms with Crippen LogP contribution in [0.25, 0.3) is 0 Å². The van der Waals surface area contributed by atoms with Crippen LogP contribution in [0.4, 0.5) is 5.69 Å². The maximum absolute atomic E-state index is 12.4. The lowest BCUT2D eigenvalue weighted by atomic mass is 10.00. The van der Waals surface area contributed by atoms with E-state index in [9.17, 15) is 4.79 Å². The fraction of sp³-hybridized carbons (Fsp3) is 0.611. The van der Waals surface area contributed by atoms with Crippen LogP contribution >= 0.6 is 0 Å². The molecule has 0 spiro atoms. The summed E-state index contributed by atoms with van der Waals surface area (Å²) in [6.07, 6.45) is 2.34. The fourth-order valence-corrected chi connectivity index (χ4v) is 3.78. The van der Waals surface area contributed by atoms with Crippen molar-refractivity contribution in [1.82, 2.24) is 4.90 Å². The van der Waals surface area contributed by atoms with Crippen molar-refractivity contribution < 1.29 is 4.79 Å². The SMILES string of the molecule is CC(C)c1ccccc1N1CCN(C(=O)C23CC2C3)CC1. The molecule has 0 radical (unpaired) electrons. The number of para-hydroxylation sites is 1. The van der Waals surface area contributed by atoms with Crippen LogP contribution in [-0.4, -0.2) is 37.0 Å². The number of fused-ring (bicyclic) bond motifs is 1. The first-order valence-corrected chi connectivity index (χ1v) is 8.25. The molecule has 4 rings (SSSR count). The Morgan fingerprint density at radius 3 is 2.33 bits per heavy atom. The quantitative estimate of drug-likeness (QED) is 0.852. The number of anilines is 1. The van der Waals surface area contributed by atoms with E-state index in [0.717, 1.165) is 32.1 Å². The van der Waals surface area contributed by atoms with E-state index in [0.29, 0.717) is 11.8 Å². The van der Waals surface area contributed by atoms with Crippen molar-refractivity contribution in [2.75, 3.05) is 31.1 Å². The molecule has 0 aromatic heterocycles. The van der Waals surface area contributed by atoms with E-state index in [4.69, 9.17) is 0 Å². The number of piperazine rings is 1. The largest absolute Gasteiger partial charge is 0.368 e. The highest BCUT2D eigenvalue weighted by atomic mass is 16.2.